The maximum atomic E-state index is 11.7. The maximum absolute atomic E-state index is 11.7. The lowest BCUT2D eigenvalue weighted by Gasteiger charge is -2.32. The topological polar surface area (TPSA) is 75.2 Å². The van der Waals surface area contributed by atoms with Gasteiger partial charge in [-0.15, -0.1) is 24.0 Å². The largest absolute Gasteiger partial charge is 0.450 e. The first kappa shape index (κ1) is 24.3. The molecule has 7 nitrogen and oxygen atoms in total. The Kier molecular flexibility index (Phi) is 12.8. The smallest absolute Gasteiger partial charge is 0.409 e. The molecule has 1 saturated heterocycles. The van der Waals surface area contributed by atoms with E-state index >= 15 is 0 Å². The maximum Gasteiger partial charge on any atom is 0.409 e. The first-order valence-corrected chi connectivity index (χ1v) is 10.2. The number of guanidine groups is 1. The number of carbonyl (C=O) groups is 1. The Balaban J connectivity index is 0.00000364. The number of nitrogens with zero attached hydrogens (tertiary/aromatic N) is 2. The molecule has 0 bridgehead atoms. The highest BCUT2D eigenvalue weighted by molar-refractivity contribution is 14.0. The van der Waals surface area contributed by atoms with E-state index in [1.165, 1.54) is 32.1 Å². The zero-order valence-electron chi connectivity index (χ0n) is 16.9. The van der Waals surface area contributed by atoms with E-state index in [1.807, 2.05) is 6.92 Å². The van der Waals surface area contributed by atoms with Crippen LogP contribution in [-0.2, 0) is 9.47 Å². The highest BCUT2D eigenvalue weighted by Gasteiger charge is 2.24. The number of aliphatic imine (C=N–C) groups is 1. The highest BCUT2D eigenvalue weighted by Crippen LogP contribution is 2.20. The Morgan fingerprint density at radius 1 is 1.15 bits per heavy atom. The van der Waals surface area contributed by atoms with Crippen LogP contribution >= 0.6 is 24.0 Å². The van der Waals surface area contributed by atoms with Gasteiger partial charge in [-0.25, -0.2) is 4.79 Å². The van der Waals surface area contributed by atoms with Crippen LogP contribution in [0.4, 0.5) is 4.79 Å². The number of likely N-dealkylation sites (tertiary alicyclic amines) is 1. The van der Waals surface area contributed by atoms with Gasteiger partial charge in [-0.05, 0) is 39.0 Å². The summed E-state index contributed by atoms with van der Waals surface area (Å²) >= 11 is 0. The molecule has 0 spiro atoms. The second-order valence-corrected chi connectivity index (χ2v) is 7.09. The minimum atomic E-state index is -0.202. The van der Waals surface area contributed by atoms with E-state index in [0.717, 1.165) is 51.5 Å². The van der Waals surface area contributed by atoms with Crippen molar-refractivity contribution in [2.75, 3.05) is 39.9 Å². The van der Waals surface area contributed by atoms with Crippen LogP contribution in [0.15, 0.2) is 4.99 Å². The van der Waals surface area contributed by atoms with Gasteiger partial charge in [-0.2, -0.15) is 0 Å². The van der Waals surface area contributed by atoms with Gasteiger partial charge in [0.25, 0.3) is 0 Å². The summed E-state index contributed by atoms with van der Waals surface area (Å²) in [7, 11) is 1.79. The van der Waals surface area contributed by atoms with Crippen LogP contribution < -0.4 is 10.6 Å². The molecular weight excluding hydrogens is 459 g/mol. The number of carbonyl (C=O) groups excluding carboxylic acids is 1. The lowest BCUT2D eigenvalue weighted by Crippen LogP contribution is -2.50. The molecule has 0 aromatic rings. The van der Waals surface area contributed by atoms with Crippen LogP contribution in [0.2, 0.25) is 0 Å². The van der Waals surface area contributed by atoms with Crippen molar-refractivity contribution in [3.63, 3.8) is 0 Å². The molecule has 2 rings (SSSR count). The van der Waals surface area contributed by atoms with E-state index in [2.05, 4.69) is 15.6 Å². The predicted molar refractivity (Wildman–Crippen MR) is 119 cm³/mol. The van der Waals surface area contributed by atoms with Gasteiger partial charge in [0.05, 0.1) is 12.7 Å². The van der Waals surface area contributed by atoms with Gasteiger partial charge >= 0.3 is 6.09 Å². The molecule has 0 unspecified atom stereocenters. The highest BCUT2D eigenvalue weighted by atomic mass is 127. The Morgan fingerprint density at radius 3 is 2.48 bits per heavy atom. The summed E-state index contributed by atoms with van der Waals surface area (Å²) in [6, 6.07) is 0.338. The van der Waals surface area contributed by atoms with Crippen molar-refractivity contribution in [1.29, 1.82) is 0 Å². The molecule has 2 fully saturated rings. The molecule has 1 saturated carbocycles. The number of ether oxygens (including phenoxy) is 2. The third-order valence-corrected chi connectivity index (χ3v) is 5.10. The van der Waals surface area contributed by atoms with Gasteiger partial charge in [-0.1, -0.05) is 19.3 Å². The molecule has 0 atom stereocenters. The molecule has 2 N–H and O–H groups in total. The lowest BCUT2D eigenvalue weighted by atomic mass is 9.98. The van der Waals surface area contributed by atoms with E-state index in [4.69, 9.17) is 9.47 Å². The van der Waals surface area contributed by atoms with Crippen molar-refractivity contribution in [2.45, 2.75) is 70.4 Å². The predicted octanol–water partition coefficient (Wildman–Crippen LogP) is 3.13. The summed E-state index contributed by atoms with van der Waals surface area (Å²) in [5.41, 5.74) is 0. The molecule has 2 aliphatic rings. The quantitative estimate of drug-likeness (QED) is 0.245. The normalized spacial score (nSPS) is 19.3. The molecule has 158 valence electrons. The molecule has 0 aromatic carbocycles. The first-order valence-electron chi connectivity index (χ1n) is 10.2. The molecule has 0 radical (unpaired) electrons. The third kappa shape index (κ3) is 9.32. The molecule has 1 heterocycles. The van der Waals surface area contributed by atoms with Gasteiger partial charge in [0.15, 0.2) is 5.96 Å². The first-order chi connectivity index (χ1) is 12.7. The Hall–Kier alpha value is -0.770. The summed E-state index contributed by atoms with van der Waals surface area (Å²) in [6.45, 7) is 5.38. The monoisotopic (exact) mass is 496 g/mol. The van der Waals surface area contributed by atoms with Gasteiger partial charge in [0.2, 0.25) is 0 Å². The van der Waals surface area contributed by atoms with Crippen LogP contribution in [0, 0.1) is 0 Å². The van der Waals surface area contributed by atoms with Crippen molar-refractivity contribution in [2.24, 2.45) is 4.99 Å². The Morgan fingerprint density at radius 2 is 1.85 bits per heavy atom. The van der Waals surface area contributed by atoms with Crippen LogP contribution in [0.25, 0.3) is 0 Å². The summed E-state index contributed by atoms with van der Waals surface area (Å²) < 4.78 is 11.0. The fraction of sp³-hybridized carbons (Fsp3) is 0.895. The van der Waals surface area contributed by atoms with Crippen molar-refractivity contribution in [3.05, 3.63) is 0 Å². The van der Waals surface area contributed by atoms with Crippen molar-refractivity contribution < 1.29 is 14.3 Å². The molecule has 8 heteroatoms. The third-order valence-electron chi connectivity index (χ3n) is 5.10. The molecule has 1 amide bonds. The van der Waals surface area contributed by atoms with Crippen molar-refractivity contribution >= 4 is 36.0 Å². The molecule has 1 aliphatic heterocycles. The zero-order valence-corrected chi connectivity index (χ0v) is 19.2. The van der Waals surface area contributed by atoms with Gasteiger partial charge < -0.3 is 25.0 Å². The number of hydrogen-bond donors (Lipinski definition) is 2. The molecular formula is C19H37IN4O3. The van der Waals surface area contributed by atoms with Crippen LogP contribution in [-0.4, -0.2) is 69.0 Å². The van der Waals surface area contributed by atoms with E-state index in [-0.39, 0.29) is 30.1 Å². The lowest BCUT2D eigenvalue weighted by molar-refractivity contribution is 0.0277. The van der Waals surface area contributed by atoms with Crippen molar-refractivity contribution in [1.82, 2.24) is 15.5 Å². The second kappa shape index (κ2) is 14.3. The van der Waals surface area contributed by atoms with Gasteiger partial charge in [0, 0.05) is 39.3 Å². The van der Waals surface area contributed by atoms with E-state index in [1.54, 1.807) is 11.9 Å². The average Bonchev–Trinajstić information content (AvgIpc) is 2.68. The fourth-order valence-corrected chi connectivity index (χ4v) is 3.57. The number of nitrogens with one attached hydrogen (secondary N) is 2. The minimum absolute atomic E-state index is 0. The summed E-state index contributed by atoms with van der Waals surface area (Å²) in [4.78, 5) is 17.8. The van der Waals surface area contributed by atoms with Crippen LogP contribution in [0.5, 0.6) is 0 Å². The molecule has 27 heavy (non-hydrogen) atoms. The molecule has 1 aliphatic carbocycles. The minimum Gasteiger partial charge on any atom is -0.450 e. The zero-order chi connectivity index (χ0) is 18.6. The number of hydrogen-bond acceptors (Lipinski definition) is 4. The van der Waals surface area contributed by atoms with E-state index in [9.17, 15) is 4.79 Å². The Labute approximate surface area is 181 Å². The number of rotatable bonds is 7. The summed E-state index contributed by atoms with van der Waals surface area (Å²) in [6.07, 6.45) is 9.51. The van der Waals surface area contributed by atoms with Gasteiger partial charge in [0.1, 0.15) is 0 Å². The number of piperidine rings is 1. The van der Waals surface area contributed by atoms with E-state index < -0.39 is 0 Å². The van der Waals surface area contributed by atoms with Crippen molar-refractivity contribution in [3.8, 4) is 0 Å². The van der Waals surface area contributed by atoms with E-state index in [0.29, 0.717) is 18.8 Å². The fourth-order valence-electron chi connectivity index (χ4n) is 3.57. The number of halogens is 1. The SMILES string of the molecule is CCOC(=O)N1CCC(NC(=NC)NCCCOC2CCCCC2)CC1.I. The summed E-state index contributed by atoms with van der Waals surface area (Å²) in [5, 5.41) is 6.82. The average molecular weight is 496 g/mol. The molecule has 0 aromatic heterocycles. The standard InChI is InChI=1S/C19H36N4O3.HI/c1-3-25-19(24)23-13-10-16(11-14-23)22-18(20-2)21-12-7-15-26-17-8-5-4-6-9-17;/h16-17H,3-15H2,1-2H3,(H2,20,21,22);1H. The second-order valence-electron chi connectivity index (χ2n) is 7.09. The number of amides is 1. The Bertz CT molecular complexity index is 437. The van der Waals surface area contributed by atoms with Gasteiger partial charge in [-0.3, -0.25) is 4.99 Å². The van der Waals surface area contributed by atoms with Crippen LogP contribution in [0.1, 0.15) is 58.3 Å². The van der Waals surface area contributed by atoms with Crippen LogP contribution in [0.3, 0.4) is 0 Å². The summed E-state index contributed by atoms with van der Waals surface area (Å²) in [5.74, 6) is 0.831.